The number of ether oxygens (including phenoxy) is 3. The van der Waals surface area contributed by atoms with Crippen LogP contribution in [0.5, 0.6) is 0 Å². The van der Waals surface area contributed by atoms with Gasteiger partial charge in [-0.15, -0.1) is 0 Å². The number of hydrogen-bond acceptors (Lipinski definition) is 4. The molecule has 2 aliphatic rings. The SMILES string of the molecule is C=C1C(CO[Si](c2ccccc2)(c2ccccc2)C(C)(C)C)OC2OC(C)(C)OC12. The van der Waals surface area contributed by atoms with Crippen molar-refractivity contribution in [1.82, 2.24) is 0 Å². The summed E-state index contributed by atoms with van der Waals surface area (Å²) in [4.78, 5) is 0. The average molecular weight is 425 g/mol. The molecule has 4 nitrogen and oxygen atoms in total. The van der Waals surface area contributed by atoms with E-state index in [1.54, 1.807) is 0 Å². The minimum Gasteiger partial charge on any atom is -0.404 e. The van der Waals surface area contributed by atoms with Crippen LogP contribution in [-0.4, -0.2) is 39.2 Å². The van der Waals surface area contributed by atoms with Gasteiger partial charge in [0.15, 0.2) is 12.1 Å². The highest BCUT2D eigenvalue weighted by Crippen LogP contribution is 2.41. The van der Waals surface area contributed by atoms with Crippen molar-refractivity contribution >= 4 is 18.7 Å². The maximum absolute atomic E-state index is 6.98. The molecule has 0 bridgehead atoms. The number of hydrogen-bond donors (Lipinski definition) is 0. The largest absolute Gasteiger partial charge is 0.404 e. The zero-order valence-electron chi connectivity index (χ0n) is 18.6. The Morgan fingerprint density at radius 1 is 0.933 bits per heavy atom. The molecule has 2 heterocycles. The summed E-state index contributed by atoms with van der Waals surface area (Å²) in [5.41, 5.74) is 0.892. The van der Waals surface area contributed by atoms with Crippen LogP contribution in [0.15, 0.2) is 72.8 Å². The van der Waals surface area contributed by atoms with E-state index in [1.165, 1.54) is 10.4 Å². The fraction of sp³-hybridized carbons (Fsp3) is 0.440. The fourth-order valence-electron chi connectivity index (χ4n) is 4.62. The van der Waals surface area contributed by atoms with Crippen LogP contribution in [-0.2, 0) is 18.6 Å². The van der Waals surface area contributed by atoms with Crippen LogP contribution in [0.25, 0.3) is 0 Å². The Balaban J connectivity index is 1.66. The van der Waals surface area contributed by atoms with Gasteiger partial charge in [0.05, 0.1) is 6.61 Å². The summed E-state index contributed by atoms with van der Waals surface area (Å²) in [6, 6.07) is 21.2. The third kappa shape index (κ3) is 3.70. The molecule has 3 atom stereocenters. The monoisotopic (exact) mass is 424 g/mol. The van der Waals surface area contributed by atoms with Crippen molar-refractivity contribution in [3.05, 3.63) is 72.8 Å². The second-order valence-electron chi connectivity index (χ2n) is 9.60. The lowest BCUT2D eigenvalue weighted by molar-refractivity contribution is -0.202. The lowest BCUT2D eigenvalue weighted by atomic mass is 10.1. The first-order valence-corrected chi connectivity index (χ1v) is 12.5. The van der Waals surface area contributed by atoms with Gasteiger partial charge in [-0.25, -0.2) is 0 Å². The van der Waals surface area contributed by atoms with Crippen molar-refractivity contribution in [1.29, 1.82) is 0 Å². The van der Waals surface area contributed by atoms with Crippen LogP contribution < -0.4 is 10.4 Å². The zero-order chi connectivity index (χ0) is 21.6. The molecule has 0 spiro atoms. The first-order valence-electron chi connectivity index (χ1n) is 10.6. The first kappa shape index (κ1) is 21.5. The van der Waals surface area contributed by atoms with E-state index in [1.807, 2.05) is 13.8 Å². The van der Waals surface area contributed by atoms with Crippen molar-refractivity contribution < 1.29 is 18.6 Å². The molecule has 2 fully saturated rings. The molecule has 0 saturated carbocycles. The van der Waals surface area contributed by atoms with Gasteiger partial charge in [-0.2, -0.15) is 0 Å². The zero-order valence-corrected chi connectivity index (χ0v) is 19.6. The van der Waals surface area contributed by atoms with Gasteiger partial charge >= 0.3 is 0 Å². The van der Waals surface area contributed by atoms with E-state index in [4.69, 9.17) is 18.6 Å². The van der Waals surface area contributed by atoms with E-state index in [0.717, 1.165) is 5.57 Å². The van der Waals surface area contributed by atoms with Gasteiger partial charge in [-0.1, -0.05) is 88.0 Å². The molecule has 160 valence electrons. The van der Waals surface area contributed by atoms with Crippen LogP contribution >= 0.6 is 0 Å². The molecule has 0 N–H and O–H groups in total. The van der Waals surface area contributed by atoms with Gasteiger partial charge < -0.3 is 18.6 Å². The van der Waals surface area contributed by atoms with Crippen molar-refractivity contribution in [3.8, 4) is 0 Å². The second kappa shape index (κ2) is 7.73. The average Bonchev–Trinajstić information content (AvgIpc) is 3.15. The lowest BCUT2D eigenvalue weighted by Crippen LogP contribution is -2.67. The molecule has 5 heteroatoms. The van der Waals surface area contributed by atoms with Gasteiger partial charge in [0.2, 0.25) is 0 Å². The predicted octanol–water partition coefficient (Wildman–Crippen LogP) is 4.00. The Labute approximate surface area is 180 Å². The Bertz CT molecular complexity index is 849. The van der Waals surface area contributed by atoms with E-state index in [-0.39, 0.29) is 17.2 Å². The minimum absolute atomic E-state index is 0.0828. The van der Waals surface area contributed by atoms with Crippen molar-refractivity contribution in [2.24, 2.45) is 0 Å². The maximum atomic E-state index is 6.98. The first-order chi connectivity index (χ1) is 14.1. The molecule has 0 aromatic heterocycles. The highest BCUT2D eigenvalue weighted by atomic mass is 28.4. The summed E-state index contributed by atoms with van der Waals surface area (Å²) in [5.74, 6) is -0.651. The molecule has 2 saturated heterocycles. The van der Waals surface area contributed by atoms with Gasteiger partial charge in [-0.3, -0.25) is 0 Å². The molecule has 0 radical (unpaired) electrons. The highest BCUT2D eigenvalue weighted by molar-refractivity contribution is 6.99. The summed E-state index contributed by atoms with van der Waals surface area (Å²) in [5, 5.41) is 2.42. The van der Waals surface area contributed by atoms with Crippen LogP contribution in [0, 0.1) is 0 Å². The molecule has 2 aromatic carbocycles. The maximum Gasteiger partial charge on any atom is 0.261 e. The number of rotatable bonds is 5. The third-order valence-corrected chi connectivity index (χ3v) is 11.0. The van der Waals surface area contributed by atoms with Crippen LogP contribution in [0.4, 0.5) is 0 Å². The van der Waals surface area contributed by atoms with Crippen LogP contribution in [0.2, 0.25) is 5.04 Å². The molecule has 0 aliphatic carbocycles. The summed E-state index contributed by atoms with van der Waals surface area (Å²) in [6.45, 7) is 15.3. The topological polar surface area (TPSA) is 36.9 Å². The van der Waals surface area contributed by atoms with Crippen molar-refractivity contribution in [3.63, 3.8) is 0 Å². The minimum atomic E-state index is -2.61. The summed E-state index contributed by atoms with van der Waals surface area (Å²) in [6.07, 6.45) is -0.911. The van der Waals surface area contributed by atoms with Crippen LogP contribution in [0.1, 0.15) is 34.6 Å². The molecule has 0 amide bonds. The number of fused-ring (bicyclic) bond motifs is 1. The van der Waals surface area contributed by atoms with Gasteiger partial charge in [0.1, 0.15) is 12.2 Å². The third-order valence-electron chi connectivity index (χ3n) is 6.00. The number of benzene rings is 2. The summed E-state index contributed by atoms with van der Waals surface area (Å²) < 4.78 is 25.0. The molecule has 30 heavy (non-hydrogen) atoms. The van der Waals surface area contributed by atoms with E-state index in [2.05, 4.69) is 88.0 Å². The predicted molar refractivity (Wildman–Crippen MR) is 121 cm³/mol. The van der Waals surface area contributed by atoms with E-state index >= 15 is 0 Å². The highest BCUT2D eigenvalue weighted by Gasteiger charge is 2.54. The Morgan fingerprint density at radius 2 is 1.47 bits per heavy atom. The summed E-state index contributed by atoms with van der Waals surface area (Å²) >= 11 is 0. The normalized spacial score (nSPS) is 26.0. The second-order valence-corrected chi connectivity index (χ2v) is 13.9. The Kier molecular flexibility index (Phi) is 5.53. The van der Waals surface area contributed by atoms with Gasteiger partial charge in [-0.05, 0) is 34.8 Å². The van der Waals surface area contributed by atoms with Crippen LogP contribution in [0.3, 0.4) is 0 Å². The van der Waals surface area contributed by atoms with E-state index in [9.17, 15) is 0 Å². The Morgan fingerprint density at radius 3 is 1.93 bits per heavy atom. The smallest absolute Gasteiger partial charge is 0.261 e. The molecule has 4 rings (SSSR count). The molecule has 2 aromatic rings. The van der Waals surface area contributed by atoms with Crippen molar-refractivity contribution in [2.75, 3.05) is 6.61 Å². The van der Waals surface area contributed by atoms with E-state index < -0.39 is 20.4 Å². The Hall–Kier alpha value is -1.76. The molecule has 2 aliphatic heterocycles. The lowest BCUT2D eigenvalue weighted by Gasteiger charge is -2.43. The fourth-order valence-corrected chi connectivity index (χ4v) is 9.18. The molecular formula is C25H32O4Si. The standard InChI is InChI=1S/C25H32O4Si/c1-18-21(27-23-22(18)28-25(5,6)29-23)17-26-30(24(2,3)4,19-13-9-7-10-14-19)20-15-11-8-12-16-20/h7-16,21-23H,1,17H2,2-6H3. The molecule has 3 unspecified atom stereocenters. The van der Waals surface area contributed by atoms with Gasteiger partial charge in [0.25, 0.3) is 8.32 Å². The quantitative estimate of drug-likeness (QED) is 0.537. The van der Waals surface area contributed by atoms with E-state index in [0.29, 0.717) is 6.61 Å². The van der Waals surface area contributed by atoms with Crippen molar-refractivity contribution in [2.45, 2.75) is 63.9 Å². The van der Waals surface area contributed by atoms with Gasteiger partial charge in [0, 0.05) is 0 Å². The summed E-state index contributed by atoms with van der Waals surface area (Å²) in [7, 11) is -2.61. The molecular weight excluding hydrogens is 392 g/mol.